The normalized spacial score (nSPS) is 14.3. The fourth-order valence-electron chi connectivity index (χ4n) is 1.85. The highest BCUT2D eigenvalue weighted by atomic mass is 79.9. The smallest absolute Gasteiger partial charge is 0.223 e. The molecular formula is C15H14BrFN2O. The molecule has 0 unspecified atom stereocenters. The fraction of sp³-hybridized carbons (Fsp3) is 0.267. The van der Waals surface area contributed by atoms with Gasteiger partial charge in [-0.15, -0.1) is 0 Å². The molecule has 1 aromatic carbocycles. The number of rotatable bonds is 5. The van der Waals surface area contributed by atoms with Crippen LogP contribution in [0.15, 0.2) is 41.0 Å². The minimum atomic E-state index is -0.305. The summed E-state index contributed by atoms with van der Waals surface area (Å²) >= 11 is 3.29. The maximum absolute atomic E-state index is 13.1. The Hall–Kier alpha value is -1.46. The van der Waals surface area contributed by atoms with Crippen molar-refractivity contribution >= 4 is 15.9 Å². The number of aromatic nitrogens is 1. The maximum atomic E-state index is 13.1. The van der Waals surface area contributed by atoms with Gasteiger partial charge in [-0.25, -0.2) is 9.37 Å². The molecule has 20 heavy (non-hydrogen) atoms. The predicted molar refractivity (Wildman–Crippen MR) is 78.3 cm³/mol. The molecule has 3 rings (SSSR count). The summed E-state index contributed by atoms with van der Waals surface area (Å²) in [6, 6.07) is 8.82. The molecule has 1 N–H and O–H groups in total. The molecule has 1 fully saturated rings. The van der Waals surface area contributed by atoms with Gasteiger partial charge in [0.25, 0.3) is 0 Å². The number of ether oxygens (including phenoxy) is 1. The molecule has 0 atom stereocenters. The molecule has 1 aliphatic carbocycles. The first kappa shape index (κ1) is 13.5. The summed E-state index contributed by atoms with van der Waals surface area (Å²) < 4.78 is 19.4. The van der Waals surface area contributed by atoms with Gasteiger partial charge in [-0.05, 0) is 53.0 Å². The molecular weight excluding hydrogens is 323 g/mol. The van der Waals surface area contributed by atoms with Gasteiger partial charge < -0.3 is 10.1 Å². The van der Waals surface area contributed by atoms with Gasteiger partial charge in [0.05, 0.1) is 4.47 Å². The number of pyridine rings is 1. The van der Waals surface area contributed by atoms with Crippen molar-refractivity contribution in [2.75, 3.05) is 0 Å². The zero-order chi connectivity index (χ0) is 13.9. The van der Waals surface area contributed by atoms with E-state index < -0.39 is 0 Å². The number of nitrogens with zero attached hydrogens (tertiary/aromatic N) is 1. The van der Waals surface area contributed by atoms with Crippen LogP contribution in [0.2, 0.25) is 0 Å². The summed E-state index contributed by atoms with van der Waals surface area (Å²) in [6.07, 6.45) is 4.16. The largest absolute Gasteiger partial charge is 0.438 e. The van der Waals surface area contributed by atoms with Gasteiger partial charge in [0, 0.05) is 24.3 Å². The van der Waals surface area contributed by atoms with E-state index in [-0.39, 0.29) is 5.82 Å². The maximum Gasteiger partial charge on any atom is 0.223 e. The first-order valence-corrected chi connectivity index (χ1v) is 7.32. The van der Waals surface area contributed by atoms with Crippen LogP contribution in [-0.4, -0.2) is 11.0 Å². The summed E-state index contributed by atoms with van der Waals surface area (Å²) in [4.78, 5) is 4.26. The Labute approximate surface area is 125 Å². The molecule has 0 aliphatic heterocycles. The molecule has 2 aromatic rings. The highest BCUT2D eigenvalue weighted by Crippen LogP contribution is 2.31. The van der Waals surface area contributed by atoms with Crippen molar-refractivity contribution in [3.63, 3.8) is 0 Å². The lowest BCUT2D eigenvalue weighted by atomic mass is 10.2. The van der Waals surface area contributed by atoms with Crippen LogP contribution in [0.1, 0.15) is 18.4 Å². The second-order valence-corrected chi connectivity index (χ2v) is 5.65. The minimum absolute atomic E-state index is 0.305. The predicted octanol–water partition coefficient (Wildman–Crippen LogP) is 4.03. The van der Waals surface area contributed by atoms with Crippen molar-refractivity contribution in [2.24, 2.45) is 0 Å². The third-order valence-electron chi connectivity index (χ3n) is 3.11. The average molecular weight is 337 g/mol. The molecule has 0 amide bonds. The summed E-state index contributed by atoms with van der Waals surface area (Å²) in [5.74, 6) is 0.798. The van der Waals surface area contributed by atoms with Crippen LogP contribution >= 0.6 is 15.9 Å². The van der Waals surface area contributed by atoms with Gasteiger partial charge in [-0.1, -0.05) is 6.07 Å². The van der Waals surface area contributed by atoms with E-state index >= 15 is 0 Å². The van der Waals surface area contributed by atoms with Crippen molar-refractivity contribution in [1.29, 1.82) is 0 Å². The van der Waals surface area contributed by atoms with E-state index in [1.165, 1.54) is 25.0 Å². The van der Waals surface area contributed by atoms with Crippen LogP contribution < -0.4 is 10.1 Å². The van der Waals surface area contributed by atoms with Crippen molar-refractivity contribution in [3.05, 3.63) is 52.4 Å². The fourth-order valence-corrected chi connectivity index (χ4v) is 2.29. The molecule has 1 saturated carbocycles. The second-order valence-electron chi connectivity index (χ2n) is 4.80. The molecule has 0 radical (unpaired) electrons. The minimum Gasteiger partial charge on any atom is -0.438 e. The Balaban J connectivity index is 1.78. The Kier molecular flexibility index (Phi) is 3.98. The number of benzene rings is 1. The van der Waals surface area contributed by atoms with E-state index in [2.05, 4.69) is 26.2 Å². The van der Waals surface area contributed by atoms with Crippen molar-refractivity contribution in [3.8, 4) is 11.6 Å². The van der Waals surface area contributed by atoms with E-state index in [1.807, 2.05) is 12.1 Å². The summed E-state index contributed by atoms with van der Waals surface area (Å²) in [7, 11) is 0. The monoisotopic (exact) mass is 336 g/mol. The number of hydrogen-bond donors (Lipinski definition) is 1. The Morgan fingerprint density at radius 3 is 2.95 bits per heavy atom. The van der Waals surface area contributed by atoms with Gasteiger partial charge in [0.1, 0.15) is 11.6 Å². The number of nitrogens with one attached hydrogen (secondary N) is 1. The standard InChI is InChI=1S/C15H14BrFN2O/c16-13-8-11(17)3-6-14(13)20-15-10(2-1-7-18-15)9-19-12-4-5-12/h1-3,6-8,12,19H,4-5,9H2. The topological polar surface area (TPSA) is 34.1 Å². The summed E-state index contributed by atoms with van der Waals surface area (Å²) in [6.45, 7) is 0.729. The van der Waals surface area contributed by atoms with Crippen LogP contribution in [0.4, 0.5) is 4.39 Å². The van der Waals surface area contributed by atoms with Gasteiger partial charge in [-0.3, -0.25) is 0 Å². The Morgan fingerprint density at radius 2 is 2.20 bits per heavy atom. The molecule has 0 spiro atoms. The molecule has 104 valence electrons. The lowest BCUT2D eigenvalue weighted by Gasteiger charge is -2.11. The van der Waals surface area contributed by atoms with E-state index in [0.717, 1.165) is 12.1 Å². The van der Waals surface area contributed by atoms with E-state index in [1.54, 1.807) is 12.3 Å². The van der Waals surface area contributed by atoms with E-state index in [0.29, 0.717) is 22.1 Å². The third-order valence-corrected chi connectivity index (χ3v) is 3.73. The van der Waals surface area contributed by atoms with Gasteiger partial charge in [0.2, 0.25) is 5.88 Å². The Bertz CT molecular complexity index is 617. The quantitative estimate of drug-likeness (QED) is 0.895. The first-order chi connectivity index (χ1) is 9.72. The highest BCUT2D eigenvalue weighted by Gasteiger charge is 2.21. The van der Waals surface area contributed by atoms with E-state index in [9.17, 15) is 4.39 Å². The van der Waals surface area contributed by atoms with Crippen molar-refractivity contribution in [2.45, 2.75) is 25.4 Å². The Morgan fingerprint density at radius 1 is 1.35 bits per heavy atom. The zero-order valence-corrected chi connectivity index (χ0v) is 12.4. The molecule has 1 aromatic heterocycles. The van der Waals surface area contributed by atoms with Gasteiger partial charge in [0.15, 0.2) is 0 Å². The lowest BCUT2D eigenvalue weighted by molar-refractivity contribution is 0.448. The third kappa shape index (κ3) is 3.35. The van der Waals surface area contributed by atoms with Crippen molar-refractivity contribution in [1.82, 2.24) is 10.3 Å². The molecule has 5 heteroatoms. The molecule has 3 nitrogen and oxygen atoms in total. The van der Waals surface area contributed by atoms with Crippen LogP contribution in [-0.2, 0) is 6.54 Å². The molecule has 1 aliphatic rings. The van der Waals surface area contributed by atoms with Crippen LogP contribution in [0.3, 0.4) is 0 Å². The summed E-state index contributed by atoms with van der Waals surface area (Å²) in [5, 5.41) is 3.43. The second kappa shape index (κ2) is 5.89. The first-order valence-electron chi connectivity index (χ1n) is 6.52. The zero-order valence-electron chi connectivity index (χ0n) is 10.8. The number of halogens is 2. The summed E-state index contributed by atoms with van der Waals surface area (Å²) in [5.41, 5.74) is 0.996. The average Bonchev–Trinajstić information content (AvgIpc) is 3.25. The lowest BCUT2D eigenvalue weighted by Crippen LogP contribution is -2.16. The van der Waals surface area contributed by atoms with Crippen LogP contribution in [0.5, 0.6) is 11.6 Å². The molecule has 0 saturated heterocycles. The van der Waals surface area contributed by atoms with Gasteiger partial charge >= 0.3 is 0 Å². The van der Waals surface area contributed by atoms with Crippen molar-refractivity contribution < 1.29 is 9.13 Å². The van der Waals surface area contributed by atoms with Gasteiger partial charge in [-0.2, -0.15) is 0 Å². The highest BCUT2D eigenvalue weighted by molar-refractivity contribution is 9.10. The van der Waals surface area contributed by atoms with Crippen LogP contribution in [0, 0.1) is 5.82 Å². The molecule has 1 heterocycles. The SMILES string of the molecule is Fc1ccc(Oc2ncccc2CNC2CC2)c(Br)c1. The molecule has 0 bridgehead atoms. The van der Waals surface area contributed by atoms with Crippen LogP contribution in [0.25, 0.3) is 0 Å². The number of hydrogen-bond acceptors (Lipinski definition) is 3. The van der Waals surface area contributed by atoms with E-state index in [4.69, 9.17) is 4.74 Å².